The smallest absolute Gasteiger partial charge is 0.0508 e. The summed E-state index contributed by atoms with van der Waals surface area (Å²) in [6.45, 7) is 14.4. The molecular formula is C59H52ClN. The summed E-state index contributed by atoms with van der Waals surface area (Å²) in [5.74, 6) is 1.81. The molecule has 1 spiro atoms. The molecule has 1 nitrogen and oxygen atoms in total. The minimum Gasteiger partial charge on any atom is -0.310 e. The van der Waals surface area contributed by atoms with Crippen molar-refractivity contribution >= 4 is 28.7 Å². The van der Waals surface area contributed by atoms with E-state index in [-0.39, 0.29) is 16.2 Å². The zero-order valence-electron chi connectivity index (χ0n) is 36.1. The molecule has 0 heterocycles. The van der Waals surface area contributed by atoms with Gasteiger partial charge in [-0.3, -0.25) is 0 Å². The van der Waals surface area contributed by atoms with Gasteiger partial charge in [-0.15, -0.1) is 0 Å². The second-order valence-electron chi connectivity index (χ2n) is 20.1. The van der Waals surface area contributed by atoms with Crippen molar-refractivity contribution in [3.63, 3.8) is 0 Å². The molecule has 2 heteroatoms. The van der Waals surface area contributed by atoms with Crippen LogP contribution in [0.25, 0.3) is 44.5 Å². The molecule has 0 amide bonds. The molecule has 0 saturated heterocycles. The van der Waals surface area contributed by atoms with Crippen molar-refractivity contribution < 1.29 is 0 Å². The van der Waals surface area contributed by atoms with E-state index in [1.54, 1.807) is 0 Å². The average Bonchev–Trinajstić information content (AvgIpc) is 3.77. The normalized spacial score (nSPS) is 22.7. The number of anilines is 3. The first-order chi connectivity index (χ1) is 29.4. The summed E-state index contributed by atoms with van der Waals surface area (Å²) >= 11 is 7.87. The van der Waals surface area contributed by atoms with E-state index in [1.807, 2.05) is 0 Å². The average molecular weight is 811 g/mol. The highest BCUT2D eigenvalue weighted by Gasteiger charge is 2.53. The van der Waals surface area contributed by atoms with Crippen molar-refractivity contribution in [3.8, 4) is 44.5 Å². The lowest BCUT2D eigenvalue weighted by Gasteiger charge is -2.49. The molecule has 1 fully saturated rings. The molecular weight excluding hydrogens is 758 g/mol. The highest BCUT2D eigenvalue weighted by atomic mass is 35.5. The highest BCUT2D eigenvalue weighted by Crippen LogP contribution is 2.64. The van der Waals surface area contributed by atoms with Crippen molar-refractivity contribution in [2.75, 3.05) is 4.90 Å². The van der Waals surface area contributed by atoms with E-state index in [1.165, 1.54) is 103 Å². The van der Waals surface area contributed by atoms with Gasteiger partial charge in [-0.2, -0.15) is 0 Å². The summed E-state index contributed by atoms with van der Waals surface area (Å²) in [6, 6.07) is 55.2. The van der Waals surface area contributed by atoms with Crippen LogP contribution in [0.2, 0.25) is 5.02 Å². The van der Waals surface area contributed by atoms with E-state index in [4.69, 9.17) is 11.6 Å². The van der Waals surface area contributed by atoms with E-state index in [0.29, 0.717) is 17.8 Å². The van der Waals surface area contributed by atoms with Gasteiger partial charge in [0.25, 0.3) is 0 Å². The standard InChI is InChI=1S/C59H52ClN/c1-35-26-39-28-40(27-35)59(34-36(39)2)51-25-20-38(37-14-8-7-9-15-37)29-48(51)56-54(59)32-43(33-55(56)60)61(41-21-23-46-44-16-10-12-18-49(44)57(3,4)52(46)30-41)42-22-24-47-45-17-11-13-19-50(45)58(5,6)53(47)31-42/h7-25,29-35,39-40H,26-28H2,1-6H3. The fourth-order valence-electron chi connectivity index (χ4n) is 13.0. The molecule has 0 radical (unpaired) electrons. The van der Waals surface area contributed by atoms with E-state index in [0.717, 1.165) is 22.1 Å². The Morgan fingerprint density at radius 1 is 0.492 bits per heavy atom. The van der Waals surface area contributed by atoms with Crippen molar-refractivity contribution in [3.05, 3.63) is 196 Å². The maximum absolute atomic E-state index is 7.87. The van der Waals surface area contributed by atoms with E-state index in [9.17, 15) is 0 Å². The zero-order valence-corrected chi connectivity index (χ0v) is 36.9. The molecule has 12 rings (SSSR count). The molecule has 1 saturated carbocycles. The molecule has 4 atom stereocenters. The second-order valence-corrected chi connectivity index (χ2v) is 20.5. The zero-order chi connectivity index (χ0) is 41.6. The summed E-state index contributed by atoms with van der Waals surface area (Å²) in [7, 11) is 0. The van der Waals surface area contributed by atoms with E-state index >= 15 is 0 Å². The largest absolute Gasteiger partial charge is 0.310 e. The summed E-state index contributed by atoms with van der Waals surface area (Å²) < 4.78 is 0. The van der Waals surface area contributed by atoms with Gasteiger partial charge in [-0.1, -0.05) is 161 Å². The fraction of sp³-hybridized carbons (Fsp3) is 0.254. The van der Waals surface area contributed by atoms with Crippen molar-refractivity contribution in [2.45, 2.75) is 77.0 Å². The molecule has 4 unspecified atom stereocenters. The fourth-order valence-corrected chi connectivity index (χ4v) is 13.4. The highest BCUT2D eigenvalue weighted by molar-refractivity contribution is 6.34. The number of benzene rings is 7. The van der Waals surface area contributed by atoms with Crippen molar-refractivity contribution in [1.82, 2.24) is 0 Å². The van der Waals surface area contributed by atoms with Gasteiger partial charge in [0.05, 0.1) is 5.02 Å². The van der Waals surface area contributed by atoms with Gasteiger partial charge in [-0.25, -0.2) is 0 Å². The second kappa shape index (κ2) is 12.9. The Morgan fingerprint density at radius 2 is 1.07 bits per heavy atom. The lowest BCUT2D eigenvalue weighted by molar-refractivity contribution is 0.168. The van der Waals surface area contributed by atoms with Gasteiger partial charge in [0.15, 0.2) is 0 Å². The molecule has 2 bridgehead atoms. The van der Waals surface area contributed by atoms with Gasteiger partial charge in [-0.05, 0) is 159 Å². The Balaban J connectivity index is 1.11. The van der Waals surface area contributed by atoms with Gasteiger partial charge in [0.2, 0.25) is 0 Å². The number of fused-ring (bicyclic) bond motifs is 14. The first kappa shape index (κ1) is 37.2. The van der Waals surface area contributed by atoms with Crippen LogP contribution in [-0.4, -0.2) is 0 Å². The van der Waals surface area contributed by atoms with Crippen LogP contribution < -0.4 is 4.90 Å². The summed E-state index contributed by atoms with van der Waals surface area (Å²) in [6.07, 6.45) is 6.41. The maximum atomic E-state index is 7.87. The van der Waals surface area contributed by atoms with Crippen LogP contribution in [0.1, 0.15) is 94.2 Å². The molecule has 0 aliphatic heterocycles. The number of hydrogen-bond acceptors (Lipinski definition) is 1. The topological polar surface area (TPSA) is 3.24 Å². The Hall–Kier alpha value is -5.63. The maximum Gasteiger partial charge on any atom is 0.0508 e. The Kier molecular flexibility index (Phi) is 7.89. The molecule has 5 aliphatic carbocycles. The summed E-state index contributed by atoms with van der Waals surface area (Å²) in [5.41, 5.74) is 23.0. The lowest BCUT2D eigenvalue weighted by atomic mass is 9.55. The molecule has 5 aliphatic rings. The molecule has 0 N–H and O–H groups in total. The minimum atomic E-state index is -0.260. The van der Waals surface area contributed by atoms with Crippen LogP contribution in [0, 0.1) is 17.8 Å². The number of allylic oxidation sites excluding steroid dienone is 2. The molecule has 7 aromatic carbocycles. The van der Waals surface area contributed by atoms with Crippen LogP contribution in [0.15, 0.2) is 157 Å². The van der Waals surface area contributed by atoms with Gasteiger partial charge in [0, 0.05) is 38.9 Å². The number of rotatable bonds is 4. The number of halogens is 1. The summed E-state index contributed by atoms with van der Waals surface area (Å²) in [5, 5.41) is 0.820. The summed E-state index contributed by atoms with van der Waals surface area (Å²) in [4.78, 5) is 2.52. The predicted molar refractivity (Wildman–Crippen MR) is 257 cm³/mol. The molecule has 61 heavy (non-hydrogen) atoms. The van der Waals surface area contributed by atoms with Crippen LogP contribution in [0.3, 0.4) is 0 Å². The monoisotopic (exact) mass is 809 g/mol. The molecule has 7 aromatic rings. The molecule has 0 aromatic heterocycles. The number of nitrogens with zero attached hydrogens (tertiary/aromatic N) is 1. The van der Waals surface area contributed by atoms with Crippen LogP contribution in [0.4, 0.5) is 17.1 Å². The Morgan fingerprint density at radius 3 is 1.70 bits per heavy atom. The van der Waals surface area contributed by atoms with Crippen molar-refractivity contribution in [2.24, 2.45) is 17.8 Å². The van der Waals surface area contributed by atoms with Crippen LogP contribution in [-0.2, 0) is 16.2 Å². The SMILES string of the molecule is CC1=CC2(c3ccc(-c4ccccc4)cc3-c3c(Cl)cc(N(c4ccc5c(c4)C(C)(C)c4ccccc4-5)c4ccc5c(c4)C(C)(C)c4ccccc4-5)cc32)C2CC(C)CC1C2. The third kappa shape index (κ3) is 5.14. The van der Waals surface area contributed by atoms with E-state index < -0.39 is 0 Å². The third-order valence-electron chi connectivity index (χ3n) is 16.0. The first-order valence-electron chi connectivity index (χ1n) is 22.5. The van der Waals surface area contributed by atoms with Crippen LogP contribution >= 0.6 is 11.6 Å². The van der Waals surface area contributed by atoms with Gasteiger partial charge < -0.3 is 4.90 Å². The molecule has 300 valence electrons. The Bertz CT molecular complexity index is 2910. The lowest BCUT2D eigenvalue weighted by Crippen LogP contribution is -2.42. The predicted octanol–water partition coefficient (Wildman–Crippen LogP) is 16.4. The number of hydrogen-bond donors (Lipinski definition) is 0. The quantitative estimate of drug-likeness (QED) is 0.160. The van der Waals surface area contributed by atoms with Gasteiger partial charge in [0.1, 0.15) is 0 Å². The Labute approximate surface area is 366 Å². The van der Waals surface area contributed by atoms with Crippen LogP contribution in [0.5, 0.6) is 0 Å². The van der Waals surface area contributed by atoms with E-state index in [2.05, 4.69) is 198 Å². The minimum absolute atomic E-state index is 0.133. The van der Waals surface area contributed by atoms with Crippen molar-refractivity contribution in [1.29, 1.82) is 0 Å². The van der Waals surface area contributed by atoms with Gasteiger partial charge >= 0.3 is 0 Å². The third-order valence-corrected chi connectivity index (χ3v) is 16.3. The first-order valence-corrected chi connectivity index (χ1v) is 22.9.